The Hall–Kier alpha value is -3.73. The number of carbonyl (C=O) groups is 3. The molecule has 0 bridgehead atoms. The molecule has 0 saturated heterocycles. The van der Waals surface area contributed by atoms with Crippen molar-refractivity contribution in [2.24, 2.45) is 0 Å². The van der Waals surface area contributed by atoms with E-state index in [0.29, 0.717) is 11.1 Å². The lowest BCUT2D eigenvalue weighted by Crippen LogP contribution is -2.43. The van der Waals surface area contributed by atoms with Gasteiger partial charge in [0.05, 0.1) is 12.1 Å². The van der Waals surface area contributed by atoms with Crippen molar-refractivity contribution in [1.29, 1.82) is 0 Å². The zero-order valence-corrected chi connectivity index (χ0v) is 19.7. The number of fused-ring (bicyclic) bond motifs is 1. The van der Waals surface area contributed by atoms with Crippen molar-refractivity contribution in [3.8, 4) is 0 Å². The van der Waals surface area contributed by atoms with Gasteiger partial charge >= 0.3 is 0 Å². The number of amides is 2. The molecule has 0 aromatic heterocycles. The van der Waals surface area contributed by atoms with Crippen molar-refractivity contribution in [2.75, 3.05) is 11.9 Å². The van der Waals surface area contributed by atoms with E-state index in [9.17, 15) is 14.4 Å². The van der Waals surface area contributed by atoms with Gasteiger partial charge in [0.1, 0.15) is 0 Å². The lowest BCUT2D eigenvalue weighted by Gasteiger charge is -2.29. The molecule has 5 nitrogen and oxygen atoms in total. The van der Waals surface area contributed by atoms with Gasteiger partial charge in [-0.3, -0.25) is 19.3 Å². The molecule has 0 fully saturated rings. The number of imide groups is 1. The number of likely N-dealkylation sites (N-methyl/N-ethyl adjacent to an activating group) is 1. The molecule has 2 aliphatic rings. The zero-order chi connectivity index (χ0) is 23.9. The maximum absolute atomic E-state index is 13.4. The lowest BCUT2D eigenvalue weighted by molar-refractivity contribution is -0.142. The second-order valence-corrected chi connectivity index (χ2v) is 9.07. The fourth-order valence-corrected chi connectivity index (χ4v) is 4.81. The topological polar surface area (TPSA) is 57.7 Å². The Morgan fingerprint density at radius 3 is 2.21 bits per heavy atom. The molecule has 0 aliphatic carbocycles. The van der Waals surface area contributed by atoms with E-state index >= 15 is 0 Å². The van der Waals surface area contributed by atoms with Crippen molar-refractivity contribution >= 4 is 23.3 Å². The van der Waals surface area contributed by atoms with E-state index in [1.807, 2.05) is 55.6 Å². The van der Waals surface area contributed by atoms with Crippen LogP contribution < -0.4 is 4.90 Å². The van der Waals surface area contributed by atoms with Gasteiger partial charge in [0.15, 0.2) is 5.78 Å². The summed E-state index contributed by atoms with van der Waals surface area (Å²) in [5, 5.41) is 0. The minimum atomic E-state index is -0.538. The number of hydrogen-bond acceptors (Lipinski definition) is 4. The van der Waals surface area contributed by atoms with Gasteiger partial charge in [-0.1, -0.05) is 62.4 Å². The Labute approximate surface area is 194 Å². The van der Waals surface area contributed by atoms with E-state index < -0.39 is 5.91 Å². The predicted octanol–water partition coefficient (Wildman–Crippen LogP) is 4.70. The van der Waals surface area contributed by atoms with Gasteiger partial charge in [-0.05, 0) is 48.8 Å². The molecule has 0 N–H and O–H groups in total. The van der Waals surface area contributed by atoms with Crippen molar-refractivity contribution < 1.29 is 14.4 Å². The minimum Gasteiger partial charge on any atom is -0.347 e. The summed E-state index contributed by atoms with van der Waals surface area (Å²) in [5.41, 5.74) is 4.81. The molecular weight excluding hydrogens is 412 g/mol. The number of Topliss-reactive ketones (excluding diaryl/α,β-unsaturated/α-hetero) is 1. The Morgan fingerprint density at radius 2 is 1.58 bits per heavy atom. The molecule has 33 heavy (non-hydrogen) atoms. The first-order valence-corrected chi connectivity index (χ1v) is 11.0. The Morgan fingerprint density at radius 1 is 0.939 bits per heavy atom. The third kappa shape index (κ3) is 3.74. The minimum absolute atomic E-state index is 0.0671. The summed E-state index contributed by atoms with van der Waals surface area (Å²) in [6.07, 6.45) is 3.69. The van der Waals surface area contributed by atoms with Crippen LogP contribution in [0.1, 0.15) is 38.8 Å². The van der Waals surface area contributed by atoms with Crippen LogP contribution in [0.15, 0.2) is 89.2 Å². The second-order valence-electron chi connectivity index (χ2n) is 9.07. The number of hydrogen-bond donors (Lipinski definition) is 0. The highest BCUT2D eigenvalue weighted by Gasteiger charge is 2.39. The molecule has 5 heteroatoms. The summed E-state index contributed by atoms with van der Waals surface area (Å²) in [4.78, 5) is 42.2. The highest BCUT2D eigenvalue weighted by molar-refractivity contribution is 6.28. The molecule has 0 unspecified atom stereocenters. The van der Waals surface area contributed by atoms with Crippen LogP contribution in [-0.2, 0) is 26.3 Å². The van der Waals surface area contributed by atoms with Gasteiger partial charge < -0.3 is 4.90 Å². The summed E-state index contributed by atoms with van der Waals surface area (Å²) in [5.74, 6) is -1.27. The maximum atomic E-state index is 13.4. The van der Waals surface area contributed by atoms with Crippen LogP contribution in [0.5, 0.6) is 0 Å². The van der Waals surface area contributed by atoms with E-state index in [1.54, 1.807) is 13.0 Å². The number of anilines is 1. The molecule has 0 spiro atoms. The Kier molecular flexibility index (Phi) is 5.66. The van der Waals surface area contributed by atoms with Crippen molar-refractivity contribution in [3.63, 3.8) is 0 Å². The average molecular weight is 441 g/mol. The first kappa shape index (κ1) is 22.5. The van der Waals surface area contributed by atoms with Crippen LogP contribution in [0.3, 0.4) is 0 Å². The number of nitrogens with zero attached hydrogens (tertiary/aromatic N) is 2. The van der Waals surface area contributed by atoms with Crippen molar-refractivity contribution in [1.82, 2.24) is 4.90 Å². The lowest BCUT2D eigenvalue weighted by atomic mass is 9.83. The molecule has 2 heterocycles. The van der Waals surface area contributed by atoms with Gasteiger partial charge in [0.2, 0.25) is 0 Å². The highest BCUT2D eigenvalue weighted by Crippen LogP contribution is 2.46. The molecule has 168 valence electrons. The second kappa shape index (κ2) is 8.32. The molecule has 2 aromatic carbocycles. The standard InChI is InChI=1S/C28H28N2O3/c1-18-21(15-16-24-28(3,4)22-13-9-10-14-23(22)29(24)5)26(32)30(27(33)25(18)19(2)31)17-20-11-7-6-8-12-20/h6-16H,17H2,1-5H3/b21-15-,24-16+. The molecule has 2 aliphatic heterocycles. The molecule has 0 radical (unpaired) electrons. The number of allylic oxidation sites excluding steroid dienone is 3. The normalized spacial score (nSPS) is 20.2. The van der Waals surface area contributed by atoms with Gasteiger partial charge in [-0.2, -0.15) is 0 Å². The van der Waals surface area contributed by atoms with Crippen LogP contribution in [-0.4, -0.2) is 29.5 Å². The quantitative estimate of drug-likeness (QED) is 0.393. The predicted molar refractivity (Wildman–Crippen MR) is 129 cm³/mol. The largest absolute Gasteiger partial charge is 0.347 e. The van der Waals surface area contributed by atoms with Crippen molar-refractivity contribution in [3.05, 3.63) is 100 Å². The van der Waals surface area contributed by atoms with Gasteiger partial charge in [-0.15, -0.1) is 0 Å². The number of para-hydroxylation sites is 1. The summed E-state index contributed by atoms with van der Waals surface area (Å²) in [6.45, 7) is 7.46. The zero-order valence-electron chi connectivity index (χ0n) is 19.7. The summed E-state index contributed by atoms with van der Waals surface area (Å²) in [6, 6.07) is 17.5. The van der Waals surface area contributed by atoms with E-state index in [4.69, 9.17) is 0 Å². The van der Waals surface area contributed by atoms with E-state index in [1.165, 1.54) is 17.4 Å². The SMILES string of the molecule is CC(=O)C1=C(C)/C(=C/C=C2/N(C)c3ccccc3C2(C)C)C(=O)N(Cc2ccccc2)C1=O. The first-order chi connectivity index (χ1) is 15.6. The average Bonchev–Trinajstić information content (AvgIpc) is 2.97. The fraction of sp³-hybridized carbons (Fsp3) is 0.250. The van der Waals surface area contributed by atoms with Gasteiger partial charge in [-0.25, -0.2) is 0 Å². The molecular formula is C28H28N2O3. The van der Waals surface area contributed by atoms with Crippen molar-refractivity contribution in [2.45, 2.75) is 39.7 Å². The molecule has 2 amide bonds. The van der Waals surface area contributed by atoms with E-state index in [0.717, 1.165) is 16.9 Å². The molecule has 4 rings (SSSR count). The van der Waals surface area contributed by atoms with E-state index in [2.05, 4.69) is 30.9 Å². The maximum Gasteiger partial charge on any atom is 0.264 e. The fourth-order valence-electron chi connectivity index (χ4n) is 4.81. The molecule has 2 aromatic rings. The Bertz CT molecular complexity index is 1250. The van der Waals surface area contributed by atoms with E-state index in [-0.39, 0.29) is 29.2 Å². The third-order valence-corrected chi connectivity index (χ3v) is 6.60. The summed E-state index contributed by atoms with van der Waals surface area (Å²) in [7, 11) is 2.01. The third-order valence-electron chi connectivity index (χ3n) is 6.60. The highest BCUT2D eigenvalue weighted by atomic mass is 16.2. The summed E-state index contributed by atoms with van der Waals surface area (Å²) < 4.78 is 0. The van der Waals surface area contributed by atoms with Crippen LogP contribution >= 0.6 is 0 Å². The Balaban J connectivity index is 1.79. The van der Waals surface area contributed by atoms with Gasteiger partial charge in [0.25, 0.3) is 11.8 Å². The van der Waals surface area contributed by atoms with Crippen LogP contribution in [0.25, 0.3) is 0 Å². The number of carbonyl (C=O) groups excluding carboxylic acids is 3. The summed E-state index contributed by atoms with van der Waals surface area (Å²) >= 11 is 0. The first-order valence-electron chi connectivity index (χ1n) is 11.0. The smallest absolute Gasteiger partial charge is 0.264 e. The monoisotopic (exact) mass is 440 g/mol. The molecule has 0 saturated carbocycles. The van der Waals surface area contributed by atoms with Gasteiger partial charge in [0, 0.05) is 29.4 Å². The number of benzene rings is 2. The van der Waals surface area contributed by atoms with Crippen LogP contribution in [0.4, 0.5) is 5.69 Å². The molecule has 0 atom stereocenters. The number of rotatable bonds is 4. The number of ketones is 1. The van der Waals surface area contributed by atoms with Crippen LogP contribution in [0, 0.1) is 0 Å². The van der Waals surface area contributed by atoms with Crippen LogP contribution in [0.2, 0.25) is 0 Å².